The Morgan fingerprint density at radius 2 is 2.53 bits per heavy atom. The van der Waals surface area contributed by atoms with E-state index in [2.05, 4.69) is 10.3 Å². The lowest BCUT2D eigenvalue weighted by atomic mass is 10.1. The van der Waals surface area contributed by atoms with Crippen molar-refractivity contribution in [3.05, 3.63) is 17.7 Å². The highest BCUT2D eigenvalue weighted by atomic mass is 16.4. The highest BCUT2D eigenvalue weighted by Gasteiger charge is 2.21. The van der Waals surface area contributed by atoms with Gasteiger partial charge in [0.05, 0.1) is 0 Å². The van der Waals surface area contributed by atoms with Crippen LogP contribution in [0, 0.1) is 0 Å². The minimum Gasteiger partial charge on any atom is -0.465 e. The number of rotatable bonds is 2. The first kappa shape index (κ1) is 9.70. The summed E-state index contributed by atoms with van der Waals surface area (Å²) in [5.41, 5.74) is 0.404. The molecule has 0 bridgehead atoms. The molecule has 0 fully saturated rings. The average molecular weight is 209 g/mol. The van der Waals surface area contributed by atoms with Crippen LogP contribution in [-0.4, -0.2) is 33.1 Å². The monoisotopic (exact) mass is 209 g/mol. The molecule has 0 saturated carbocycles. The molecule has 1 aliphatic heterocycles. The molecule has 1 aromatic rings. The Balaban J connectivity index is 2.12. The molecule has 6 nitrogen and oxygen atoms in total. The van der Waals surface area contributed by atoms with Crippen LogP contribution in [0.1, 0.15) is 22.7 Å². The fourth-order valence-electron chi connectivity index (χ4n) is 1.80. The maximum absolute atomic E-state index is 10.5. The van der Waals surface area contributed by atoms with Gasteiger partial charge in [0.2, 0.25) is 0 Å². The molecule has 15 heavy (non-hydrogen) atoms. The Labute approximate surface area is 85.9 Å². The fraction of sp³-hybridized carbons (Fsp3) is 0.444. The molecule has 1 amide bonds. The Hall–Kier alpha value is -1.85. The van der Waals surface area contributed by atoms with Gasteiger partial charge in [-0.05, 0) is 6.42 Å². The van der Waals surface area contributed by atoms with Gasteiger partial charge >= 0.3 is 6.09 Å². The van der Waals surface area contributed by atoms with Crippen LogP contribution in [-0.2, 0) is 13.0 Å². The zero-order valence-electron chi connectivity index (χ0n) is 8.01. The lowest BCUT2D eigenvalue weighted by molar-refractivity contribution is 0.111. The molecule has 0 spiro atoms. The number of carbonyl (C=O) groups is 2. The van der Waals surface area contributed by atoms with E-state index in [0.29, 0.717) is 24.9 Å². The van der Waals surface area contributed by atoms with Gasteiger partial charge in [-0.2, -0.15) is 0 Å². The van der Waals surface area contributed by atoms with Crippen molar-refractivity contribution in [2.45, 2.75) is 25.4 Å². The number of hydrogen-bond donors (Lipinski definition) is 2. The quantitative estimate of drug-likeness (QED) is 0.685. The van der Waals surface area contributed by atoms with Crippen LogP contribution >= 0.6 is 0 Å². The molecule has 6 heteroatoms. The summed E-state index contributed by atoms with van der Waals surface area (Å²) in [5, 5.41) is 11.0. The number of carbonyl (C=O) groups excluding carboxylic acids is 1. The molecule has 1 atom stereocenters. The van der Waals surface area contributed by atoms with Gasteiger partial charge in [0.25, 0.3) is 0 Å². The van der Waals surface area contributed by atoms with E-state index >= 15 is 0 Å². The minimum atomic E-state index is -1.02. The second-order valence-corrected chi connectivity index (χ2v) is 3.53. The molecule has 0 aromatic carbocycles. The smallest absolute Gasteiger partial charge is 0.404 e. The first-order chi connectivity index (χ1) is 7.19. The van der Waals surface area contributed by atoms with Crippen LogP contribution in [0.4, 0.5) is 4.79 Å². The predicted octanol–water partition coefficient (Wildman–Crippen LogP) is 0.278. The molecule has 80 valence electrons. The molecule has 0 radical (unpaired) electrons. The van der Waals surface area contributed by atoms with Crippen LogP contribution in [0.5, 0.6) is 0 Å². The van der Waals surface area contributed by atoms with Crippen LogP contribution in [0.25, 0.3) is 0 Å². The van der Waals surface area contributed by atoms with E-state index in [0.717, 1.165) is 12.2 Å². The van der Waals surface area contributed by atoms with Crippen molar-refractivity contribution in [1.29, 1.82) is 0 Å². The molecule has 2 rings (SSSR count). The molecule has 0 aliphatic carbocycles. The van der Waals surface area contributed by atoms with Gasteiger partial charge < -0.3 is 15.0 Å². The van der Waals surface area contributed by atoms with Crippen molar-refractivity contribution >= 4 is 12.4 Å². The first-order valence-electron chi connectivity index (χ1n) is 4.69. The van der Waals surface area contributed by atoms with E-state index < -0.39 is 6.09 Å². The third kappa shape index (κ3) is 1.98. The zero-order valence-corrected chi connectivity index (χ0v) is 8.01. The fourth-order valence-corrected chi connectivity index (χ4v) is 1.80. The number of aldehydes is 1. The number of hydrogen-bond acceptors (Lipinski definition) is 3. The summed E-state index contributed by atoms with van der Waals surface area (Å²) in [4.78, 5) is 25.0. The summed E-state index contributed by atoms with van der Waals surface area (Å²) < 4.78 is 1.89. The van der Waals surface area contributed by atoms with Crippen LogP contribution in [0.2, 0.25) is 0 Å². The van der Waals surface area contributed by atoms with Crippen molar-refractivity contribution < 1.29 is 14.7 Å². The van der Waals surface area contributed by atoms with Crippen molar-refractivity contribution in [2.24, 2.45) is 0 Å². The van der Waals surface area contributed by atoms with E-state index in [1.807, 2.05) is 4.57 Å². The summed E-state index contributed by atoms with van der Waals surface area (Å²) in [6.45, 7) is 0.696. The third-order valence-corrected chi connectivity index (χ3v) is 2.47. The number of aromatic nitrogens is 2. The van der Waals surface area contributed by atoms with Crippen LogP contribution in [0.3, 0.4) is 0 Å². The highest BCUT2D eigenvalue weighted by Crippen LogP contribution is 2.14. The molecule has 1 aliphatic rings. The number of nitrogens with one attached hydrogen (secondary N) is 1. The standard InChI is InChI=1S/C9H11N3O3/c13-5-7-4-12-2-1-6(11-9(14)15)3-8(12)10-7/h4-6,11H,1-3H2,(H,14,15). The second kappa shape index (κ2) is 3.72. The number of nitrogens with zero attached hydrogens (tertiary/aromatic N) is 2. The summed E-state index contributed by atoms with van der Waals surface area (Å²) in [7, 11) is 0. The minimum absolute atomic E-state index is 0.100. The van der Waals surface area contributed by atoms with Gasteiger partial charge in [0, 0.05) is 25.2 Å². The maximum Gasteiger partial charge on any atom is 0.404 e. The normalized spacial score (nSPS) is 19.3. The summed E-state index contributed by atoms with van der Waals surface area (Å²) >= 11 is 0. The molecule has 1 aromatic heterocycles. The van der Waals surface area contributed by atoms with E-state index in [9.17, 15) is 9.59 Å². The number of aryl methyl sites for hydroxylation is 1. The van der Waals surface area contributed by atoms with Gasteiger partial charge in [-0.15, -0.1) is 0 Å². The molecule has 2 N–H and O–H groups in total. The van der Waals surface area contributed by atoms with Gasteiger partial charge in [-0.3, -0.25) is 4.79 Å². The molecule has 0 saturated heterocycles. The Morgan fingerprint density at radius 3 is 3.20 bits per heavy atom. The maximum atomic E-state index is 10.5. The summed E-state index contributed by atoms with van der Waals surface area (Å²) in [6, 6.07) is -0.100. The molecule has 1 unspecified atom stereocenters. The topological polar surface area (TPSA) is 84.2 Å². The van der Waals surface area contributed by atoms with Crippen molar-refractivity contribution in [3.8, 4) is 0 Å². The number of amides is 1. The van der Waals surface area contributed by atoms with E-state index in [1.165, 1.54) is 0 Å². The van der Waals surface area contributed by atoms with Crippen LogP contribution < -0.4 is 5.32 Å². The zero-order chi connectivity index (χ0) is 10.8. The third-order valence-electron chi connectivity index (χ3n) is 2.47. The number of carboxylic acid groups (broad SMARTS) is 1. The van der Waals surface area contributed by atoms with Gasteiger partial charge in [-0.25, -0.2) is 9.78 Å². The molecular formula is C9H11N3O3. The highest BCUT2D eigenvalue weighted by molar-refractivity contribution is 5.71. The van der Waals surface area contributed by atoms with Crippen molar-refractivity contribution in [3.63, 3.8) is 0 Å². The van der Waals surface area contributed by atoms with Crippen molar-refractivity contribution in [2.75, 3.05) is 0 Å². The Bertz CT molecular complexity index is 399. The molecule has 2 heterocycles. The van der Waals surface area contributed by atoms with E-state index in [-0.39, 0.29) is 6.04 Å². The van der Waals surface area contributed by atoms with Crippen molar-refractivity contribution in [1.82, 2.24) is 14.9 Å². The lowest BCUT2D eigenvalue weighted by Gasteiger charge is -2.22. The van der Waals surface area contributed by atoms with Gasteiger partial charge in [0.15, 0.2) is 6.29 Å². The van der Waals surface area contributed by atoms with E-state index in [4.69, 9.17) is 5.11 Å². The number of fused-ring (bicyclic) bond motifs is 1. The average Bonchev–Trinajstić information content (AvgIpc) is 2.58. The summed E-state index contributed by atoms with van der Waals surface area (Å²) in [5.74, 6) is 0.766. The summed E-state index contributed by atoms with van der Waals surface area (Å²) in [6.07, 6.45) is 2.65. The largest absolute Gasteiger partial charge is 0.465 e. The molecular weight excluding hydrogens is 198 g/mol. The second-order valence-electron chi connectivity index (χ2n) is 3.53. The Kier molecular flexibility index (Phi) is 2.40. The SMILES string of the molecule is O=Cc1cn2c(n1)CC(NC(=O)O)CC2. The van der Waals surface area contributed by atoms with Gasteiger partial charge in [-0.1, -0.05) is 0 Å². The predicted molar refractivity (Wildman–Crippen MR) is 50.9 cm³/mol. The first-order valence-corrected chi connectivity index (χ1v) is 4.69. The van der Waals surface area contributed by atoms with Gasteiger partial charge in [0.1, 0.15) is 11.5 Å². The van der Waals surface area contributed by atoms with E-state index in [1.54, 1.807) is 6.20 Å². The number of imidazole rings is 1. The van der Waals surface area contributed by atoms with Crippen LogP contribution in [0.15, 0.2) is 6.20 Å². The lowest BCUT2D eigenvalue weighted by Crippen LogP contribution is -2.39. The Morgan fingerprint density at radius 1 is 1.73 bits per heavy atom.